The number of halogens is 1. The van der Waals surface area contributed by atoms with Gasteiger partial charge in [-0.25, -0.2) is 9.78 Å². The molecule has 5 rings (SSSR count). The van der Waals surface area contributed by atoms with Gasteiger partial charge >= 0.3 is 6.03 Å². The quantitative estimate of drug-likeness (QED) is 0.528. The van der Waals surface area contributed by atoms with Crippen molar-refractivity contribution in [1.82, 2.24) is 14.9 Å². The highest BCUT2D eigenvalue weighted by Crippen LogP contribution is 2.40. The monoisotopic (exact) mass is 421 g/mol. The van der Waals surface area contributed by atoms with Crippen molar-refractivity contribution in [3.8, 4) is 0 Å². The number of fused-ring (bicyclic) bond motifs is 3. The summed E-state index contributed by atoms with van der Waals surface area (Å²) < 4.78 is 0. The number of aromatic nitrogens is 2. The zero-order chi connectivity index (χ0) is 20.8. The number of hydrogen-bond acceptors (Lipinski definition) is 4. The molecule has 1 saturated heterocycles. The second-order valence-corrected chi connectivity index (χ2v) is 8.51. The molecule has 0 saturated carbocycles. The van der Waals surface area contributed by atoms with Crippen LogP contribution in [-0.2, 0) is 6.54 Å². The summed E-state index contributed by atoms with van der Waals surface area (Å²) >= 11 is 6.19. The number of aryl methyl sites for hydroxylation is 1. The number of hydrogen-bond donors (Lipinski definition) is 0. The van der Waals surface area contributed by atoms with Gasteiger partial charge in [0, 0.05) is 37.6 Å². The molecule has 154 valence electrons. The molecule has 0 atom stereocenters. The van der Waals surface area contributed by atoms with Crippen LogP contribution in [0.15, 0.2) is 36.5 Å². The molecule has 0 aliphatic carbocycles. The number of carbonyl (C=O) groups excluding carboxylic acids is 1. The Bertz CT molecular complexity index is 1140. The smallest absolute Gasteiger partial charge is 0.329 e. The third kappa shape index (κ3) is 3.16. The fourth-order valence-electron chi connectivity index (χ4n) is 4.53. The molecule has 6 nitrogen and oxygen atoms in total. The van der Waals surface area contributed by atoms with Crippen LogP contribution in [0.25, 0.3) is 11.0 Å². The van der Waals surface area contributed by atoms with E-state index in [0.717, 1.165) is 35.5 Å². The number of benzene rings is 1. The van der Waals surface area contributed by atoms with Crippen molar-refractivity contribution in [3.63, 3.8) is 0 Å². The molecule has 2 aromatic heterocycles. The molecule has 0 radical (unpaired) electrons. The predicted octanol–water partition coefficient (Wildman–Crippen LogP) is 5.29. The summed E-state index contributed by atoms with van der Waals surface area (Å²) in [7, 11) is 1.81. The molecule has 2 aliphatic heterocycles. The van der Waals surface area contributed by atoms with Gasteiger partial charge in [0.25, 0.3) is 0 Å². The molecule has 4 heterocycles. The Morgan fingerprint density at radius 1 is 1.07 bits per heavy atom. The van der Waals surface area contributed by atoms with E-state index in [9.17, 15) is 4.79 Å². The van der Waals surface area contributed by atoms with Gasteiger partial charge in [-0.2, -0.15) is 0 Å². The summed E-state index contributed by atoms with van der Waals surface area (Å²) in [5.74, 6) is 0. The van der Waals surface area contributed by atoms with Crippen molar-refractivity contribution in [2.45, 2.75) is 32.7 Å². The number of nitrogens with zero attached hydrogens (tertiary/aromatic N) is 5. The summed E-state index contributed by atoms with van der Waals surface area (Å²) in [5.41, 5.74) is 6.35. The van der Waals surface area contributed by atoms with Crippen molar-refractivity contribution < 1.29 is 4.79 Å². The van der Waals surface area contributed by atoms with Crippen molar-refractivity contribution in [3.05, 3.63) is 52.8 Å². The van der Waals surface area contributed by atoms with Gasteiger partial charge in [-0.1, -0.05) is 11.6 Å². The Balaban J connectivity index is 1.65. The van der Waals surface area contributed by atoms with Crippen molar-refractivity contribution in [1.29, 1.82) is 0 Å². The van der Waals surface area contributed by atoms with E-state index < -0.39 is 0 Å². The van der Waals surface area contributed by atoms with E-state index in [-0.39, 0.29) is 6.03 Å². The molecule has 1 fully saturated rings. The van der Waals surface area contributed by atoms with Crippen LogP contribution in [0.3, 0.4) is 0 Å². The zero-order valence-electron chi connectivity index (χ0n) is 17.2. The lowest BCUT2D eigenvalue weighted by Gasteiger charge is -2.36. The first-order chi connectivity index (χ1) is 14.5. The molecule has 2 amide bonds. The minimum Gasteiger partial charge on any atom is -0.371 e. The van der Waals surface area contributed by atoms with Crippen LogP contribution in [0.1, 0.15) is 30.4 Å². The fourth-order valence-corrected chi connectivity index (χ4v) is 4.68. The topological polar surface area (TPSA) is 52.6 Å². The van der Waals surface area contributed by atoms with Crippen molar-refractivity contribution >= 4 is 45.7 Å². The molecular formula is C23H24ClN5O. The summed E-state index contributed by atoms with van der Waals surface area (Å²) in [4.78, 5) is 28.2. The third-order valence-corrected chi connectivity index (χ3v) is 6.22. The summed E-state index contributed by atoms with van der Waals surface area (Å²) in [6, 6.07) is 9.76. The fraction of sp³-hybridized carbons (Fsp3) is 0.348. The van der Waals surface area contributed by atoms with E-state index in [2.05, 4.69) is 33.9 Å². The van der Waals surface area contributed by atoms with Gasteiger partial charge in [0.1, 0.15) is 10.7 Å². The standard InChI is InChI=1S/C23H24ClN5O/c1-15-12-17(6-8-19(15)28-10-4-3-5-11-28)29-22-16(14-27(2)23(29)30)13-25-18-7-9-20(24)26-21(18)22/h6-9,12-13H,3-5,10-11,14H2,1-2H3. The highest BCUT2D eigenvalue weighted by Gasteiger charge is 2.32. The van der Waals surface area contributed by atoms with Crippen LogP contribution in [0.4, 0.5) is 21.9 Å². The molecule has 2 aliphatic rings. The third-order valence-electron chi connectivity index (χ3n) is 6.01. The molecule has 0 unspecified atom stereocenters. The maximum atomic E-state index is 13.3. The first kappa shape index (κ1) is 19.1. The van der Waals surface area contributed by atoms with Gasteiger partial charge in [-0.3, -0.25) is 9.88 Å². The largest absolute Gasteiger partial charge is 0.371 e. The summed E-state index contributed by atoms with van der Waals surface area (Å²) in [5, 5.41) is 0.389. The van der Waals surface area contributed by atoms with Gasteiger partial charge in [-0.15, -0.1) is 0 Å². The lowest BCUT2D eigenvalue weighted by Crippen LogP contribution is -2.42. The van der Waals surface area contributed by atoms with Crippen LogP contribution in [0.5, 0.6) is 0 Å². The first-order valence-corrected chi connectivity index (χ1v) is 10.8. The Morgan fingerprint density at radius 2 is 1.87 bits per heavy atom. The maximum absolute atomic E-state index is 13.3. The Hall–Kier alpha value is -2.86. The van der Waals surface area contributed by atoms with Crippen LogP contribution in [-0.4, -0.2) is 41.0 Å². The second kappa shape index (κ2) is 7.43. The molecule has 3 aromatic rings. The summed E-state index contributed by atoms with van der Waals surface area (Å²) in [6.45, 7) is 4.79. The highest BCUT2D eigenvalue weighted by atomic mass is 35.5. The Labute approximate surface area is 181 Å². The average Bonchev–Trinajstić information content (AvgIpc) is 2.75. The average molecular weight is 422 g/mol. The molecule has 30 heavy (non-hydrogen) atoms. The highest BCUT2D eigenvalue weighted by molar-refractivity contribution is 6.30. The molecule has 7 heteroatoms. The van der Waals surface area contributed by atoms with Crippen LogP contribution in [0, 0.1) is 6.92 Å². The minimum absolute atomic E-state index is 0.0816. The number of urea groups is 1. The normalized spacial score (nSPS) is 16.9. The van der Waals surface area contributed by atoms with Crippen LogP contribution < -0.4 is 9.80 Å². The SMILES string of the molecule is Cc1cc(N2C(=O)N(C)Cc3cnc4ccc(Cl)nc4c32)ccc1N1CCCCC1. The van der Waals surface area contributed by atoms with Gasteiger partial charge in [0.05, 0.1) is 23.4 Å². The molecule has 1 aromatic carbocycles. The van der Waals surface area contributed by atoms with E-state index >= 15 is 0 Å². The molecule has 0 bridgehead atoms. The molecule has 0 spiro atoms. The maximum Gasteiger partial charge on any atom is 0.329 e. The van der Waals surface area contributed by atoms with E-state index in [1.54, 1.807) is 15.9 Å². The number of rotatable bonds is 2. The summed E-state index contributed by atoms with van der Waals surface area (Å²) in [6.07, 6.45) is 5.60. The van der Waals surface area contributed by atoms with E-state index in [1.165, 1.54) is 30.5 Å². The number of anilines is 3. The Kier molecular flexibility index (Phi) is 4.74. The number of piperidine rings is 1. The first-order valence-electron chi connectivity index (χ1n) is 10.4. The number of pyridine rings is 2. The lowest BCUT2D eigenvalue weighted by atomic mass is 10.0. The van der Waals surface area contributed by atoms with Crippen molar-refractivity contribution in [2.75, 3.05) is 29.9 Å². The van der Waals surface area contributed by atoms with Crippen molar-refractivity contribution in [2.24, 2.45) is 0 Å². The predicted molar refractivity (Wildman–Crippen MR) is 121 cm³/mol. The van der Waals surface area contributed by atoms with Gasteiger partial charge in [0.2, 0.25) is 0 Å². The van der Waals surface area contributed by atoms with Crippen LogP contribution in [0.2, 0.25) is 5.15 Å². The van der Waals surface area contributed by atoms with E-state index in [4.69, 9.17) is 11.6 Å². The van der Waals surface area contributed by atoms with E-state index in [0.29, 0.717) is 17.2 Å². The number of carbonyl (C=O) groups is 1. The van der Waals surface area contributed by atoms with Crippen LogP contribution >= 0.6 is 11.6 Å². The zero-order valence-corrected chi connectivity index (χ0v) is 18.0. The van der Waals surface area contributed by atoms with Gasteiger partial charge in [0.15, 0.2) is 0 Å². The second-order valence-electron chi connectivity index (χ2n) is 8.13. The minimum atomic E-state index is -0.0816. The van der Waals surface area contributed by atoms with Gasteiger partial charge in [-0.05, 0) is 62.1 Å². The number of amides is 2. The molecule has 0 N–H and O–H groups in total. The lowest BCUT2D eigenvalue weighted by molar-refractivity contribution is 0.213. The molecular weight excluding hydrogens is 398 g/mol. The van der Waals surface area contributed by atoms with Gasteiger partial charge < -0.3 is 9.80 Å². The Morgan fingerprint density at radius 3 is 2.63 bits per heavy atom. The van der Waals surface area contributed by atoms with E-state index in [1.807, 2.05) is 25.4 Å².